The topological polar surface area (TPSA) is 90.0 Å². The van der Waals surface area contributed by atoms with Gasteiger partial charge in [-0.15, -0.1) is 0 Å². The zero-order valence-electron chi connectivity index (χ0n) is 16.0. The van der Waals surface area contributed by atoms with Gasteiger partial charge in [0.15, 0.2) is 21.7 Å². The number of ether oxygens (including phenoxy) is 2. The van der Waals surface area contributed by atoms with E-state index in [1.807, 2.05) is 0 Å². The van der Waals surface area contributed by atoms with Crippen molar-refractivity contribution in [2.75, 3.05) is 31.4 Å². The van der Waals surface area contributed by atoms with Gasteiger partial charge in [0, 0.05) is 18.3 Å². The van der Waals surface area contributed by atoms with E-state index >= 15 is 0 Å². The van der Waals surface area contributed by atoms with Gasteiger partial charge >= 0.3 is 5.97 Å². The van der Waals surface area contributed by atoms with Gasteiger partial charge in [-0.1, -0.05) is 24.3 Å². The molecule has 0 aliphatic carbocycles. The number of ketones is 1. The second kappa shape index (κ2) is 9.36. The highest BCUT2D eigenvalue weighted by molar-refractivity contribution is 7.91. The van der Waals surface area contributed by atoms with Crippen LogP contribution in [0.3, 0.4) is 0 Å². The standard InChI is InChI=1S/C20H23NO6S/c1-15(22)19(20(23)27-3)21(16-8-7-9-17(14-16)26-2)12-13-28(24,25)18-10-5-4-6-11-18/h4-11,14,19H,12-13H2,1-3H3. The highest BCUT2D eigenvalue weighted by atomic mass is 32.2. The lowest BCUT2D eigenvalue weighted by molar-refractivity contribution is -0.145. The summed E-state index contributed by atoms with van der Waals surface area (Å²) in [5.41, 5.74) is 0.480. The summed E-state index contributed by atoms with van der Waals surface area (Å²) in [5, 5.41) is 0. The van der Waals surface area contributed by atoms with Crippen molar-refractivity contribution in [1.29, 1.82) is 0 Å². The van der Waals surface area contributed by atoms with E-state index in [0.29, 0.717) is 11.4 Å². The van der Waals surface area contributed by atoms with E-state index < -0.39 is 27.6 Å². The highest BCUT2D eigenvalue weighted by Crippen LogP contribution is 2.24. The summed E-state index contributed by atoms with van der Waals surface area (Å²) >= 11 is 0. The molecule has 2 rings (SSSR count). The molecule has 1 unspecified atom stereocenters. The van der Waals surface area contributed by atoms with Crippen molar-refractivity contribution in [3.63, 3.8) is 0 Å². The molecule has 0 heterocycles. The second-order valence-electron chi connectivity index (χ2n) is 6.06. The van der Waals surface area contributed by atoms with Gasteiger partial charge < -0.3 is 14.4 Å². The predicted octanol–water partition coefficient (Wildman–Crippen LogP) is 2.11. The van der Waals surface area contributed by atoms with E-state index in [-0.39, 0.29) is 17.2 Å². The Kier molecular flexibility index (Phi) is 7.17. The van der Waals surface area contributed by atoms with Crippen molar-refractivity contribution in [2.24, 2.45) is 0 Å². The second-order valence-corrected chi connectivity index (χ2v) is 8.17. The maximum atomic E-state index is 12.7. The normalized spacial score (nSPS) is 12.1. The SMILES string of the molecule is COC(=O)C(C(C)=O)N(CCS(=O)(=O)c1ccccc1)c1cccc(OC)c1. The highest BCUT2D eigenvalue weighted by Gasteiger charge is 2.32. The number of Topliss-reactive ketones (excluding diaryl/α,β-unsaturated/α-hetero) is 1. The largest absolute Gasteiger partial charge is 0.497 e. The Morgan fingerprint density at radius 3 is 2.29 bits per heavy atom. The molecule has 0 radical (unpaired) electrons. The number of methoxy groups -OCH3 is 2. The van der Waals surface area contributed by atoms with Crippen LogP contribution in [0, 0.1) is 0 Å². The molecule has 0 fully saturated rings. The van der Waals surface area contributed by atoms with Crippen LogP contribution in [0.5, 0.6) is 5.75 Å². The average Bonchev–Trinajstić information content (AvgIpc) is 2.70. The molecule has 8 heteroatoms. The summed E-state index contributed by atoms with van der Waals surface area (Å²) in [6.07, 6.45) is 0. The number of hydrogen-bond acceptors (Lipinski definition) is 7. The first-order valence-corrected chi connectivity index (χ1v) is 10.2. The smallest absolute Gasteiger partial charge is 0.336 e. The van der Waals surface area contributed by atoms with E-state index in [2.05, 4.69) is 0 Å². The molecule has 0 N–H and O–H groups in total. The third-order valence-electron chi connectivity index (χ3n) is 4.21. The molecular weight excluding hydrogens is 382 g/mol. The van der Waals surface area contributed by atoms with E-state index in [0.717, 1.165) is 0 Å². The lowest BCUT2D eigenvalue weighted by Gasteiger charge is -2.30. The molecule has 7 nitrogen and oxygen atoms in total. The quantitative estimate of drug-likeness (QED) is 0.466. The summed E-state index contributed by atoms with van der Waals surface area (Å²) in [5.74, 6) is -0.977. The molecular formula is C20H23NO6S. The number of carbonyl (C=O) groups is 2. The minimum atomic E-state index is -3.61. The van der Waals surface area contributed by atoms with Crippen LogP contribution in [0.4, 0.5) is 5.69 Å². The van der Waals surface area contributed by atoms with Gasteiger partial charge in [0.2, 0.25) is 0 Å². The zero-order chi connectivity index (χ0) is 20.7. The first-order valence-electron chi connectivity index (χ1n) is 8.57. The number of nitrogens with zero attached hydrogens (tertiary/aromatic N) is 1. The van der Waals surface area contributed by atoms with Crippen LogP contribution >= 0.6 is 0 Å². The van der Waals surface area contributed by atoms with Crippen LogP contribution in [-0.2, 0) is 24.2 Å². The van der Waals surface area contributed by atoms with Crippen LogP contribution in [-0.4, -0.2) is 52.7 Å². The van der Waals surface area contributed by atoms with Crippen LogP contribution < -0.4 is 9.64 Å². The van der Waals surface area contributed by atoms with E-state index in [9.17, 15) is 18.0 Å². The van der Waals surface area contributed by atoms with Crippen molar-refractivity contribution in [2.45, 2.75) is 17.9 Å². The molecule has 0 aliphatic heterocycles. The monoisotopic (exact) mass is 405 g/mol. The first-order chi connectivity index (χ1) is 13.3. The number of carbonyl (C=O) groups excluding carboxylic acids is 2. The summed E-state index contributed by atoms with van der Waals surface area (Å²) in [6.45, 7) is 1.18. The lowest BCUT2D eigenvalue weighted by atomic mass is 10.1. The summed E-state index contributed by atoms with van der Waals surface area (Å²) in [6, 6.07) is 13.5. The van der Waals surface area contributed by atoms with Gasteiger partial charge in [-0.25, -0.2) is 13.2 Å². The molecule has 2 aromatic carbocycles. The van der Waals surface area contributed by atoms with E-state index in [1.54, 1.807) is 42.5 Å². The number of anilines is 1. The molecule has 2 aromatic rings. The molecule has 0 bridgehead atoms. The summed E-state index contributed by atoms with van der Waals surface area (Å²) in [7, 11) is -0.932. The third kappa shape index (κ3) is 5.10. The van der Waals surface area contributed by atoms with Gasteiger partial charge in [0.25, 0.3) is 0 Å². The van der Waals surface area contributed by atoms with Crippen LogP contribution in [0.25, 0.3) is 0 Å². The number of esters is 1. The predicted molar refractivity (Wildman–Crippen MR) is 105 cm³/mol. The maximum absolute atomic E-state index is 12.7. The Morgan fingerprint density at radius 1 is 1.04 bits per heavy atom. The fourth-order valence-corrected chi connectivity index (χ4v) is 4.03. The Bertz CT molecular complexity index is 927. The summed E-state index contributed by atoms with van der Waals surface area (Å²) in [4.78, 5) is 26.0. The number of sulfone groups is 1. The molecule has 0 saturated carbocycles. The van der Waals surface area contributed by atoms with Crippen LogP contribution in [0.1, 0.15) is 6.92 Å². The van der Waals surface area contributed by atoms with Crippen LogP contribution in [0.2, 0.25) is 0 Å². The number of benzene rings is 2. The molecule has 0 spiro atoms. The molecule has 150 valence electrons. The maximum Gasteiger partial charge on any atom is 0.336 e. The summed E-state index contributed by atoms with van der Waals surface area (Å²) < 4.78 is 35.3. The Hall–Kier alpha value is -2.87. The lowest BCUT2D eigenvalue weighted by Crippen LogP contribution is -2.48. The van der Waals surface area contributed by atoms with Gasteiger partial charge in [0.05, 0.1) is 24.9 Å². The Labute approximate surface area is 164 Å². The molecule has 28 heavy (non-hydrogen) atoms. The third-order valence-corrected chi connectivity index (χ3v) is 5.92. The number of hydrogen-bond donors (Lipinski definition) is 0. The van der Waals surface area contributed by atoms with Crippen molar-refractivity contribution in [3.8, 4) is 5.75 Å². The molecule has 0 aromatic heterocycles. The van der Waals surface area contributed by atoms with E-state index in [4.69, 9.17) is 9.47 Å². The molecule has 0 saturated heterocycles. The first kappa shape index (κ1) is 21.4. The van der Waals surface area contributed by atoms with Crippen molar-refractivity contribution in [3.05, 3.63) is 54.6 Å². The fourth-order valence-electron chi connectivity index (χ4n) is 2.78. The minimum Gasteiger partial charge on any atom is -0.497 e. The van der Waals surface area contributed by atoms with Gasteiger partial charge in [0.1, 0.15) is 5.75 Å². The fraction of sp³-hybridized carbons (Fsp3) is 0.300. The Balaban J connectivity index is 2.40. The van der Waals surface area contributed by atoms with E-state index in [1.165, 1.54) is 38.2 Å². The minimum absolute atomic E-state index is 0.0796. The van der Waals surface area contributed by atoms with Crippen molar-refractivity contribution >= 4 is 27.3 Å². The van der Waals surface area contributed by atoms with Gasteiger partial charge in [-0.3, -0.25) is 4.79 Å². The molecule has 0 amide bonds. The zero-order valence-corrected chi connectivity index (χ0v) is 16.8. The average molecular weight is 405 g/mol. The van der Waals surface area contributed by atoms with Crippen molar-refractivity contribution in [1.82, 2.24) is 0 Å². The van der Waals surface area contributed by atoms with Gasteiger partial charge in [-0.2, -0.15) is 0 Å². The van der Waals surface area contributed by atoms with Crippen molar-refractivity contribution < 1.29 is 27.5 Å². The van der Waals surface area contributed by atoms with Crippen LogP contribution in [0.15, 0.2) is 59.5 Å². The molecule has 0 aliphatic rings. The molecule has 1 atom stereocenters. The van der Waals surface area contributed by atoms with Gasteiger partial charge in [-0.05, 0) is 31.2 Å². The Morgan fingerprint density at radius 2 is 1.71 bits per heavy atom. The number of rotatable bonds is 9.